The SMILES string of the molecule is Cc1nc(N2CCC(C(=O)N(C)Cc3cccc4ncccc34)CC2)nc2ccc(F)cc12. The maximum atomic E-state index is 13.6. The molecule has 3 heterocycles. The number of halogens is 1. The Kier molecular flexibility index (Phi) is 5.62. The Balaban J connectivity index is 1.25. The van der Waals surface area contributed by atoms with E-state index < -0.39 is 0 Å². The van der Waals surface area contributed by atoms with Crippen molar-refractivity contribution in [1.29, 1.82) is 0 Å². The molecule has 0 unspecified atom stereocenters. The maximum Gasteiger partial charge on any atom is 0.226 e. The zero-order chi connectivity index (χ0) is 22.9. The van der Waals surface area contributed by atoms with Gasteiger partial charge in [-0.05, 0) is 55.7 Å². The summed E-state index contributed by atoms with van der Waals surface area (Å²) in [7, 11) is 1.87. The van der Waals surface area contributed by atoms with Gasteiger partial charge in [-0.3, -0.25) is 9.78 Å². The number of carbonyl (C=O) groups excluding carboxylic acids is 1. The molecule has 1 saturated heterocycles. The van der Waals surface area contributed by atoms with Crippen LogP contribution < -0.4 is 4.90 Å². The van der Waals surface area contributed by atoms with E-state index in [0.29, 0.717) is 25.6 Å². The van der Waals surface area contributed by atoms with Crippen molar-refractivity contribution in [2.75, 3.05) is 25.0 Å². The van der Waals surface area contributed by atoms with Crippen LogP contribution in [0.5, 0.6) is 0 Å². The van der Waals surface area contributed by atoms with Crippen LogP contribution in [-0.4, -0.2) is 45.9 Å². The van der Waals surface area contributed by atoms with E-state index in [-0.39, 0.29) is 17.6 Å². The minimum absolute atomic E-state index is 0.0185. The van der Waals surface area contributed by atoms with Crippen molar-refractivity contribution < 1.29 is 9.18 Å². The van der Waals surface area contributed by atoms with Crippen LogP contribution in [-0.2, 0) is 11.3 Å². The molecule has 4 aromatic rings. The summed E-state index contributed by atoms with van der Waals surface area (Å²) in [6.45, 7) is 3.87. The van der Waals surface area contributed by atoms with Crippen molar-refractivity contribution in [3.05, 3.63) is 71.8 Å². The molecule has 0 saturated carbocycles. The predicted octanol–water partition coefficient (Wildman–Crippen LogP) is 4.50. The molecule has 1 aliphatic heterocycles. The second-order valence-electron chi connectivity index (χ2n) is 8.71. The van der Waals surface area contributed by atoms with Gasteiger partial charge in [0.25, 0.3) is 0 Å². The summed E-state index contributed by atoms with van der Waals surface area (Å²) in [4.78, 5) is 30.8. The van der Waals surface area contributed by atoms with Gasteiger partial charge in [-0.25, -0.2) is 14.4 Å². The highest BCUT2D eigenvalue weighted by Gasteiger charge is 2.28. The number of hydrogen-bond donors (Lipinski definition) is 0. The Hall–Kier alpha value is -3.61. The molecular weight excluding hydrogens is 417 g/mol. The van der Waals surface area contributed by atoms with Gasteiger partial charge in [-0.15, -0.1) is 0 Å². The number of nitrogens with zero attached hydrogens (tertiary/aromatic N) is 5. The number of aromatic nitrogens is 3. The topological polar surface area (TPSA) is 62.2 Å². The molecule has 1 fully saturated rings. The van der Waals surface area contributed by atoms with Crippen molar-refractivity contribution in [2.45, 2.75) is 26.3 Å². The average Bonchev–Trinajstić information content (AvgIpc) is 2.84. The van der Waals surface area contributed by atoms with Crippen LogP contribution in [0.1, 0.15) is 24.1 Å². The molecular formula is C26H26FN5O. The lowest BCUT2D eigenvalue weighted by Gasteiger charge is -2.33. The fraction of sp³-hybridized carbons (Fsp3) is 0.308. The fourth-order valence-electron chi connectivity index (χ4n) is 4.66. The molecule has 0 N–H and O–H groups in total. The number of fused-ring (bicyclic) bond motifs is 2. The van der Waals surface area contributed by atoms with Gasteiger partial charge in [-0.2, -0.15) is 0 Å². The summed E-state index contributed by atoms with van der Waals surface area (Å²) >= 11 is 0. The molecule has 2 aromatic heterocycles. The second kappa shape index (κ2) is 8.73. The number of amides is 1. The Morgan fingerprint density at radius 2 is 1.88 bits per heavy atom. The third kappa shape index (κ3) is 4.23. The van der Waals surface area contributed by atoms with Gasteiger partial charge >= 0.3 is 0 Å². The largest absolute Gasteiger partial charge is 0.341 e. The number of benzene rings is 2. The van der Waals surface area contributed by atoms with Crippen LogP contribution in [0.2, 0.25) is 0 Å². The van der Waals surface area contributed by atoms with Gasteiger partial charge in [0.2, 0.25) is 11.9 Å². The molecule has 7 heteroatoms. The van der Waals surface area contributed by atoms with E-state index in [1.54, 1.807) is 12.3 Å². The number of anilines is 1. The molecule has 33 heavy (non-hydrogen) atoms. The Morgan fingerprint density at radius 3 is 2.70 bits per heavy atom. The van der Waals surface area contributed by atoms with E-state index in [9.17, 15) is 9.18 Å². The molecule has 6 nitrogen and oxygen atoms in total. The minimum Gasteiger partial charge on any atom is -0.341 e. The number of carbonyl (C=O) groups is 1. The molecule has 0 bridgehead atoms. The maximum absolute atomic E-state index is 13.6. The molecule has 0 atom stereocenters. The first-order valence-corrected chi connectivity index (χ1v) is 11.3. The zero-order valence-electron chi connectivity index (χ0n) is 18.8. The third-order valence-electron chi connectivity index (χ3n) is 6.48. The summed E-state index contributed by atoms with van der Waals surface area (Å²) in [6.07, 6.45) is 3.29. The van der Waals surface area contributed by atoms with Gasteiger partial charge < -0.3 is 9.80 Å². The van der Waals surface area contributed by atoms with E-state index in [0.717, 1.165) is 45.9 Å². The van der Waals surface area contributed by atoms with Crippen LogP contribution >= 0.6 is 0 Å². The predicted molar refractivity (Wildman–Crippen MR) is 127 cm³/mol. The molecule has 1 aliphatic rings. The Bertz CT molecular complexity index is 1330. The quantitative estimate of drug-likeness (QED) is 0.465. The Morgan fingerprint density at radius 1 is 1.06 bits per heavy atom. The van der Waals surface area contributed by atoms with Crippen molar-refractivity contribution in [3.63, 3.8) is 0 Å². The summed E-state index contributed by atoms with van der Waals surface area (Å²) in [5, 5.41) is 1.81. The van der Waals surface area contributed by atoms with Gasteiger partial charge in [0, 0.05) is 49.6 Å². The zero-order valence-corrected chi connectivity index (χ0v) is 18.8. The Labute approximate surface area is 192 Å². The summed E-state index contributed by atoms with van der Waals surface area (Å²) in [5.41, 5.74) is 3.54. The van der Waals surface area contributed by atoms with E-state index >= 15 is 0 Å². The number of piperidine rings is 1. The minimum atomic E-state index is -0.287. The molecule has 168 valence electrons. The van der Waals surface area contributed by atoms with E-state index in [1.807, 2.05) is 37.1 Å². The standard InChI is InChI=1S/C26H26FN5O/c1-17-22-15-20(27)8-9-24(22)30-26(29-17)32-13-10-18(11-14-32)25(33)31(2)16-19-5-3-7-23-21(19)6-4-12-28-23/h3-9,12,15,18H,10-11,13-14,16H2,1-2H3. The molecule has 0 spiro atoms. The van der Waals surface area contributed by atoms with Gasteiger partial charge in [0.15, 0.2) is 0 Å². The molecule has 5 rings (SSSR count). The summed E-state index contributed by atoms with van der Waals surface area (Å²) < 4.78 is 13.6. The highest BCUT2D eigenvalue weighted by molar-refractivity contribution is 5.84. The molecule has 1 amide bonds. The van der Waals surface area contributed by atoms with Crippen molar-refractivity contribution in [1.82, 2.24) is 19.9 Å². The highest BCUT2D eigenvalue weighted by Crippen LogP contribution is 2.26. The number of aryl methyl sites for hydroxylation is 1. The van der Waals surface area contributed by atoms with Crippen LogP contribution in [0, 0.1) is 18.7 Å². The first-order chi connectivity index (χ1) is 16.0. The average molecular weight is 444 g/mol. The number of pyridine rings is 1. The van der Waals surface area contributed by atoms with Crippen molar-refractivity contribution in [3.8, 4) is 0 Å². The monoisotopic (exact) mass is 443 g/mol. The first kappa shape index (κ1) is 21.2. The van der Waals surface area contributed by atoms with Crippen LogP contribution in [0.3, 0.4) is 0 Å². The van der Waals surface area contributed by atoms with E-state index in [2.05, 4.69) is 32.0 Å². The van der Waals surface area contributed by atoms with Crippen LogP contribution in [0.4, 0.5) is 10.3 Å². The third-order valence-corrected chi connectivity index (χ3v) is 6.48. The van der Waals surface area contributed by atoms with Crippen LogP contribution in [0.25, 0.3) is 21.8 Å². The normalized spacial score (nSPS) is 14.7. The highest BCUT2D eigenvalue weighted by atomic mass is 19.1. The first-order valence-electron chi connectivity index (χ1n) is 11.3. The fourth-order valence-corrected chi connectivity index (χ4v) is 4.66. The lowest BCUT2D eigenvalue weighted by Crippen LogP contribution is -2.41. The van der Waals surface area contributed by atoms with Crippen molar-refractivity contribution in [2.24, 2.45) is 5.92 Å². The molecule has 2 aromatic carbocycles. The van der Waals surface area contributed by atoms with Gasteiger partial charge in [-0.1, -0.05) is 18.2 Å². The number of rotatable bonds is 4. The lowest BCUT2D eigenvalue weighted by atomic mass is 9.95. The molecule has 0 radical (unpaired) electrons. The summed E-state index contributed by atoms with van der Waals surface area (Å²) in [6, 6.07) is 14.6. The van der Waals surface area contributed by atoms with Crippen molar-refractivity contribution >= 4 is 33.7 Å². The molecule has 0 aliphatic carbocycles. The van der Waals surface area contributed by atoms with E-state index in [1.165, 1.54) is 12.1 Å². The van der Waals surface area contributed by atoms with Gasteiger partial charge in [0.05, 0.1) is 16.7 Å². The summed E-state index contributed by atoms with van der Waals surface area (Å²) in [5.74, 6) is 0.510. The van der Waals surface area contributed by atoms with Crippen LogP contribution in [0.15, 0.2) is 54.7 Å². The second-order valence-corrected chi connectivity index (χ2v) is 8.71. The number of hydrogen-bond acceptors (Lipinski definition) is 5. The van der Waals surface area contributed by atoms with Gasteiger partial charge in [0.1, 0.15) is 5.82 Å². The smallest absolute Gasteiger partial charge is 0.226 e. The van der Waals surface area contributed by atoms with E-state index in [4.69, 9.17) is 0 Å². The lowest BCUT2D eigenvalue weighted by molar-refractivity contribution is -0.135.